The number of hydrogen-bond acceptors (Lipinski definition) is 4. The fourth-order valence-corrected chi connectivity index (χ4v) is 1.99. The lowest BCUT2D eigenvalue weighted by Crippen LogP contribution is -2.40. The highest BCUT2D eigenvalue weighted by atomic mass is 16.6. The Morgan fingerprint density at radius 3 is 2.44 bits per heavy atom. The lowest BCUT2D eigenvalue weighted by molar-refractivity contribution is -0.146. The third-order valence-corrected chi connectivity index (χ3v) is 2.86. The summed E-state index contributed by atoms with van der Waals surface area (Å²) in [4.78, 5) is 25.2. The van der Waals surface area contributed by atoms with Gasteiger partial charge < -0.3 is 14.4 Å². The van der Waals surface area contributed by atoms with E-state index in [1.807, 2.05) is 20.8 Å². The van der Waals surface area contributed by atoms with Gasteiger partial charge >= 0.3 is 12.1 Å². The second-order valence-corrected chi connectivity index (χ2v) is 5.64. The molecule has 0 N–H and O–H groups in total. The van der Waals surface area contributed by atoms with Gasteiger partial charge in [0.25, 0.3) is 0 Å². The second-order valence-electron chi connectivity index (χ2n) is 5.64. The zero-order valence-electron chi connectivity index (χ0n) is 11.7. The van der Waals surface area contributed by atoms with Gasteiger partial charge in [0.05, 0.1) is 13.0 Å². The third kappa shape index (κ3) is 4.55. The first-order chi connectivity index (χ1) is 8.33. The molecule has 0 bridgehead atoms. The van der Waals surface area contributed by atoms with Crippen molar-refractivity contribution in [3.8, 4) is 0 Å². The molecule has 1 aliphatic heterocycles. The van der Waals surface area contributed by atoms with Crippen molar-refractivity contribution < 1.29 is 19.1 Å². The van der Waals surface area contributed by atoms with Crippen molar-refractivity contribution in [1.29, 1.82) is 0 Å². The average molecular weight is 257 g/mol. The van der Waals surface area contributed by atoms with Gasteiger partial charge in [-0.1, -0.05) is 6.42 Å². The molecule has 0 aliphatic carbocycles. The topological polar surface area (TPSA) is 55.8 Å². The molecule has 0 spiro atoms. The van der Waals surface area contributed by atoms with Gasteiger partial charge in [0.1, 0.15) is 5.60 Å². The van der Waals surface area contributed by atoms with Crippen molar-refractivity contribution in [2.24, 2.45) is 5.92 Å². The van der Waals surface area contributed by atoms with Crippen LogP contribution in [-0.2, 0) is 14.3 Å². The number of carbonyl (C=O) groups excluding carboxylic acids is 2. The fraction of sp³-hybridized carbons (Fsp3) is 0.846. The molecule has 104 valence electrons. The Balaban J connectivity index is 2.64. The van der Waals surface area contributed by atoms with Crippen molar-refractivity contribution in [3.63, 3.8) is 0 Å². The van der Waals surface area contributed by atoms with Crippen LogP contribution in [0.25, 0.3) is 0 Å². The van der Waals surface area contributed by atoms with E-state index >= 15 is 0 Å². The average Bonchev–Trinajstić information content (AvgIpc) is 2.51. The minimum absolute atomic E-state index is 0.231. The van der Waals surface area contributed by atoms with Crippen molar-refractivity contribution in [2.75, 3.05) is 20.2 Å². The first-order valence-electron chi connectivity index (χ1n) is 6.39. The molecule has 18 heavy (non-hydrogen) atoms. The summed E-state index contributed by atoms with van der Waals surface area (Å²) >= 11 is 0. The summed E-state index contributed by atoms with van der Waals surface area (Å²) < 4.78 is 10.1. The van der Waals surface area contributed by atoms with E-state index in [9.17, 15) is 9.59 Å². The van der Waals surface area contributed by atoms with Crippen LogP contribution in [-0.4, -0.2) is 42.8 Å². The highest BCUT2D eigenvalue weighted by molar-refractivity contribution is 5.74. The number of carbonyl (C=O) groups is 2. The quantitative estimate of drug-likeness (QED) is 0.676. The molecule has 1 amide bonds. The van der Waals surface area contributed by atoms with Gasteiger partial charge in [0.2, 0.25) is 0 Å². The number of rotatable bonds is 1. The molecule has 5 nitrogen and oxygen atoms in total. The van der Waals surface area contributed by atoms with Crippen LogP contribution in [0.1, 0.15) is 40.0 Å². The van der Waals surface area contributed by atoms with Crippen molar-refractivity contribution >= 4 is 12.1 Å². The molecule has 5 heteroatoms. The zero-order chi connectivity index (χ0) is 13.8. The molecule has 0 aromatic rings. The monoisotopic (exact) mass is 257 g/mol. The van der Waals surface area contributed by atoms with Gasteiger partial charge in [-0.15, -0.1) is 0 Å². The molecular formula is C13H23NO4. The molecule has 1 heterocycles. The molecule has 1 atom stereocenters. The van der Waals surface area contributed by atoms with Crippen molar-refractivity contribution in [3.05, 3.63) is 0 Å². The zero-order valence-corrected chi connectivity index (χ0v) is 11.7. The molecule has 1 rings (SSSR count). The molecule has 1 fully saturated rings. The summed E-state index contributed by atoms with van der Waals surface area (Å²) in [6.45, 7) is 6.53. The number of nitrogens with zero attached hydrogens (tertiary/aromatic N) is 1. The van der Waals surface area contributed by atoms with Gasteiger partial charge in [-0.25, -0.2) is 4.79 Å². The number of esters is 1. The molecular weight excluding hydrogens is 234 g/mol. The number of amides is 1. The number of methoxy groups -OCH3 is 1. The normalized spacial score (nSPS) is 21.1. The van der Waals surface area contributed by atoms with Gasteiger partial charge in [0, 0.05) is 13.1 Å². The first kappa shape index (κ1) is 14.8. The largest absolute Gasteiger partial charge is 0.469 e. The van der Waals surface area contributed by atoms with Crippen LogP contribution in [0, 0.1) is 5.92 Å². The van der Waals surface area contributed by atoms with E-state index in [1.165, 1.54) is 7.11 Å². The summed E-state index contributed by atoms with van der Waals surface area (Å²) in [5, 5.41) is 0. The van der Waals surface area contributed by atoms with Crippen LogP contribution in [0.3, 0.4) is 0 Å². The van der Waals surface area contributed by atoms with E-state index in [0.29, 0.717) is 13.1 Å². The van der Waals surface area contributed by atoms with Crippen molar-refractivity contribution in [1.82, 2.24) is 4.90 Å². The van der Waals surface area contributed by atoms with Crippen molar-refractivity contribution in [2.45, 2.75) is 45.6 Å². The maximum absolute atomic E-state index is 12.0. The first-order valence-corrected chi connectivity index (χ1v) is 6.39. The number of likely N-dealkylation sites (tertiary alicyclic amines) is 1. The minimum Gasteiger partial charge on any atom is -0.469 e. The lowest BCUT2D eigenvalue weighted by atomic mass is 10.0. The highest BCUT2D eigenvalue weighted by Crippen LogP contribution is 2.19. The second kappa shape index (κ2) is 6.07. The summed E-state index contributed by atoms with van der Waals surface area (Å²) in [6.07, 6.45) is 2.25. The Labute approximate surface area is 108 Å². The maximum Gasteiger partial charge on any atom is 0.410 e. The maximum atomic E-state index is 12.0. The molecule has 0 saturated carbocycles. The van der Waals surface area contributed by atoms with Crippen LogP contribution in [0.2, 0.25) is 0 Å². The van der Waals surface area contributed by atoms with E-state index in [2.05, 4.69) is 0 Å². The predicted octanol–water partition coefficient (Wildman–Crippen LogP) is 2.20. The van der Waals surface area contributed by atoms with Crippen LogP contribution >= 0.6 is 0 Å². The van der Waals surface area contributed by atoms with Crippen LogP contribution in [0.5, 0.6) is 0 Å². The van der Waals surface area contributed by atoms with Crippen LogP contribution in [0.4, 0.5) is 4.79 Å². The standard InChI is InChI=1S/C13H23NO4/c1-13(2,3)18-12(16)14-8-6-5-7-10(9-14)11(15)17-4/h10H,5-9H2,1-4H3. The van der Waals surface area contributed by atoms with Gasteiger partial charge in [-0.2, -0.15) is 0 Å². The Hall–Kier alpha value is -1.26. The SMILES string of the molecule is COC(=O)C1CCCCN(C(=O)OC(C)(C)C)C1. The number of ether oxygens (including phenoxy) is 2. The molecule has 1 aliphatic rings. The number of hydrogen-bond donors (Lipinski definition) is 0. The van der Waals surface area contributed by atoms with E-state index < -0.39 is 5.60 Å². The van der Waals surface area contributed by atoms with Gasteiger partial charge in [-0.05, 0) is 33.6 Å². The smallest absolute Gasteiger partial charge is 0.410 e. The van der Waals surface area contributed by atoms with Crippen LogP contribution in [0.15, 0.2) is 0 Å². The summed E-state index contributed by atoms with van der Waals surface area (Å²) in [5.74, 6) is -0.476. The minimum atomic E-state index is -0.510. The molecule has 0 aromatic heterocycles. The molecule has 1 unspecified atom stereocenters. The predicted molar refractivity (Wildman–Crippen MR) is 67.2 cm³/mol. The molecule has 1 saturated heterocycles. The summed E-state index contributed by atoms with van der Waals surface area (Å²) in [7, 11) is 1.38. The van der Waals surface area contributed by atoms with Gasteiger partial charge in [0.15, 0.2) is 0 Å². The Bertz CT molecular complexity index is 309. The van der Waals surface area contributed by atoms with Gasteiger partial charge in [-0.3, -0.25) is 4.79 Å². The third-order valence-electron chi connectivity index (χ3n) is 2.86. The van der Waals surface area contributed by atoms with E-state index in [-0.39, 0.29) is 18.0 Å². The summed E-state index contributed by atoms with van der Waals surface area (Å²) in [6, 6.07) is 0. The highest BCUT2D eigenvalue weighted by Gasteiger charge is 2.29. The Morgan fingerprint density at radius 1 is 1.22 bits per heavy atom. The molecule has 0 radical (unpaired) electrons. The Kier molecular flexibility index (Phi) is 4.99. The van der Waals surface area contributed by atoms with Crippen LogP contribution < -0.4 is 0 Å². The Morgan fingerprint density at radius 2 is 1.89 bits per heavy atom. The van der Waals surface area contributed by atoms with E-state index in [0.717, 1.165) is 19.3 Å². The fourth-order valence-electron chi connectivity index (χ4n) is 1.99. The summed E-state index contributed by atoms with van der Waals surface area (Å²) in [5.41, 5.74) is -0.510. The molecule has 0 aromatic carbocycles. The van der Waals surface area contributed by atoms with E-state index in [4.69, 9.17) is 9.47 Å². The van der Waals surface area contributed by atoms with E-state index in [1.54, 1.807) is 4.90 Å². The lowest BCUT2D eigenvalue weighted by Gasteiger charge is -2.27.